The molecule has 5 heteroatoms. The molecule has 2 aliphatic rings. The van der Waals surface area contributed by atoms with Crippen molar-refractivity contribution in [1.29, 1.82) is 0 Å². The van der Waals surface area contributed by atoms with Gasteiger partial charge in [-0.25, -0.2) is 4.79 Å². The standard InChI is InChI=1S/C19H21N3O2/c23-19(21-10-12-24-13-11-21)22-9-8-20-18(22)14-16-6-3-5-15-4-1-2-7-17(15)16/h1-7H,8-14H2. The highest BCUT2D eigenvalue weighted by atomic mass is 16.5. The van der Waals surface area contributed by atoms with Crippen LogP contribution in [-0.2, 0) is 11.2 Å². The second-order valence-electron chi connectivity index (χ2n) is 6.15. The minimum absolute atomic E-state index is 0.0646. The number of carbonyl (C=O) groups is 1. The van der Waals surface area contributed by atoms with E-state index in [0.29, 0.717) is 45.8 Å². The topological polar surface area (TPSA) is 45.1 Å². The summed E-state index contributed by atoms with van der Waals surface area (Å²) in [4.78, 5) is 21.1. The third-order valence-electron chi connectivity index (χ3n) is 4.67. The molecule has 1 fully saturated rings. The van der Waals surface area contributed by atoms with Crippen molar-refractivity contribution in [3.8, 4) is 0 Å². The SMILES string of the molecule is O=C(N1CCOCC1)N1CCN=C1Cc1cccc2ccccc12. The van der Waals surface area contributed by atoms with Gasteiger partial charge >= 0.3 is 6.03 Å². The quantitative estimate of drug-likeness (QED) is 0.852. The summed E-state index contributed by atoms with van der Waals surface area (Å²) in [5.74, 6) is 0.878. The Kier molecular flexibility index (Phi) is 4.17. The van der Waals surface area contributed by atoms with Crippen LogP contribution in [0, 0.1) is 0 Å². The molecule has 2 aliphatic heterocycles. The molecule has 2 aromatic carbocycles. The van der Waals surface area contributed by atoms with Gasteiger partial charge in [-0.3, -0.25) is 9.89 Å². The molecule has 0 radical (unpaired) electrons. The Hall–Kier alpha value is -2.40. The fourth-order valence-corrected chi connectivity index (χ4v) is 3.39. The zero-order chi connectivity index (χ0) is 16.4. The van der Waals surface area contributed by atoms with Crippen LogP contribution in [-0.4, -0.2) is 61.1 Å². The van der Waals surface area contributed by atoms with Crippen molar-refractivity contribution >= 4 is 22.6 Å². The van der Waals surface area contributed by atoms with Crippen molar-refractivity contribution < 1.29 is 9.53 Å². The van der Waals surface area contributed by atoms with Crippen LogP contribution in [0.4, 0.5) is 4.79 Å². The first-order valence-corrected chi connectivity index (χ1v) is 8.47. The molecule has 0 aliphatic carbocycles. The van der Waals surface area contributed by atoms with Crippen LogP contribution in [0.15, 0.2) is 47.5 Å². The largest absolute Gasteiger partial charge is 0.378 e. The van der Waals surface area contributed by atoms with Gasteiger partial charge in [0.2, 0.25) is 0 Å². The van der Waals surface area contributed by atoms with E-state index < -0.39 is 0 Å². The van der Waals surface area contributed by atoms with Crippen molar-refractivity contribution in [2.24, 2.45) is 4.99 Å². The molecular weight excluding hydrogens is 302 g/mol. The zero-order valence-electron chi connectivity index (χ0n) is 13.6. The lowest BCUT2D eigenvalue weighted by Gasteiger charge is -2.31. The second kappa shape index (κ2) is 6.61. The lowest BCUT2D eigenvalue weighted by molar-refractivity contribution is 0.0484. The van der Waals surface area contributed by atoms with E-state index in [9.17, 15) is 4.79 Å². The van der Waals surface area contributed by atoms with Crippen molar-refractivity contribution in [1.82, 2.24) is 9.80 Å². The average Bonchev–Trinajstić information content (AvgIpc) is 3.10. The van der Waals surface area contributed by atoms with E-state index in [0.717, 1.165) is 5.84 Å². The maximum absolute atomic E-state index is 12.8. The summed E-state index contributed by atoms with van der Waals surface area (Å²) in [6.45, 7) is 3.94. The van der Waals surface area contributed by atoms with Crippen LogP contribution in [0.1, 0.15) is 5.56 Å². The number of urea groups is 1. The summed E-state index contributed by atoms with van der Waals surface area (Å²) < 4.78 is 5.34. The smallest absolute Gasteiger partial charge is 0.325 e. The van der Waals surface area contributed by atoms with Gasteiger partial charge in [0, 0.05) is 26.1 Å². The number of ether oxygens (including phenoxy) is 1. The number of hydrogen-bond acceptors (Lipinski definition) is 3. The van der Waals surface area contributed by atoms with Crippen LogP contribution in [0.2, 0.25) is 0 Å². The van der Waals surface area contributed by atoms with E-state index in [2.05, 4.69) is 41.4 Å². The maximum Gasteiger partial charge on any atom is 0.325 e. The zero-order valence-corrected chi connectivity index (χ0v) is 13.6. The van der Waals surface area contributed by atoms with Crippen LogP contribution >= 0.6 is 0 Å². The van der Waals surface area contributed by atoms with E-state index in [1.165, 1.54) is 16.3 Å². The highest BCUT2D eigenvalue weighted by Crippen LogP contribution is 2.21. The minimum Gasteiger partial charge on any atom is -0.378 e. The van der Waals surface area contributed by atoms with E-state index in [1.807, 2.05) is 15.9 Å². The van der Waals surface area contributed by atoms with Gasteiger partial charge in [-0.15, -0.1) is 0 Å². The minimum atomic E-state index is 0.0646. The number of fused-ring (bicyclic) bond motifs is 1. The molecule has 124 valence electrons. The third kappa shape index (κ3) is 2.87. The van der Waals surface area contributed by atoms with E-state index in [1.54, 1.807) is 0 Å². The molecule has 5 nitrogen and oxygen atoms in total. The van der Waals surface area contributed by atoms with Gasteiger partial charge in [0.1, 0.15) is 5.84 Å². The van der Waals surface area contributed by atoms with Crippen molar-refractivity contribution in [2.75, 3.05) is 39.4 Å². The monoisotopic (exact) mass is 323 g/mol. The Morgan fingerprint density at radius 3 is 2.71 bits per heavy atom. The third-order valence-corrected chi connectivity index (χ3v) is 4.67. The molecule has 0 N–H and O–H groups in total. The summed E-state index contributed by atoms with van der Waals surface area (Å²) in [7, 11) is 0. The Balaban J connectivity index is 1.55. The fraction of sp³-hybridized carbons (Fsp3) is 0.368. The predicted molar refractivity (Wildman–Crippen MR) is 94.4 cm³/mol. The van der Waals surface area contributed by atoms with E-state index in [4.69, 9.17) is 4.74 Å². The fourth-order valence-electron chi connectivity index (χ4n) is 3.39. The van der Waals surface area contributed by atoms with Gasteiger partial charge in [-0.2, -0.15) is 0 Å². The van der Waals surface area contributed by atoms with Gasteiger partial charge in [0.25, 0.3) is 0 Å². The Bertz CT molecular complexity index is 776. The van der Waals surface area contributed by atoms with Gasteiger partial charge in [0.05, 0.1) is 19.8 Å². The molecule has 0 bridgehead atoms. The first-order chi connectivity index (χ1) is 11.8. The summed E-state index contributed by atoms with van der Waals surface area (Å²) in [5, 5.41) is 2.45. The Morgan fingerprint density at radius 1 is 1.04 bits per heavy atom. The number of benzene rings is 2. The first kappa shape index (κ1) is 15.1. The molecule has 0 unspecified atom stereocenters. The molecule has 2 heterocycles. The van der Waals surface area contributed by atoms with Crippen LogP contribution < -0.4 is 0 Å². The highest BCUT2D eigenvalue weighted by Gasteiger charge is 2.29. The average molecular weight is 323 g/mol. The summed E-state index contributed by atoms with van der Waals surface area (Å²) >= 11 is 0. The molecule has 24 heavy (non-hydrogen) atoms. The van der Waals surface area contributed by atoms with Gasteiger partial charge in [-0.1, -0.05) is 42.5 Å². The number of hydrogen-bond donors (Lipinski definition) is 0. The summed E-state index contributed by atoms with van der Waals surface area (Å²) in [5.41, 5.74) is 1.22. The maximum atomic E-state index is 12.8. The molecular formula is C19H21N3O2. The Morgan fingerprint density at radius 2 is 1.83 bits per heavy atom. The number of morpholine rings is 1. The molecule has 0 aromatic heterocycles. The predicted octanol–water partition coefficient (Wildman–Crippen LogP) is 2.55. The first-order valence-electron chi connectivity index (χ1n) is 8.47. The lowest BCUT2D eigenvalue weighted by Crippen LogP contribution is -2.49. The van der Waals surface area contributed by atoms with E-state index in [-0.39, 0.29) is 6.03 Å². The van der Waals surface area contributed by atoms with Crippen LogP contribution in [0.25, 0.3) is 10.8 Å². The number of aliphatic imine (C=N–C) groups is 1. The summed E-state index contributed by atoms with van der Waals surface area (Å²) in [6, 6.07) is 14.7. The van der Waals surface area contributed by atoms with Gasteiger partial charge < -0.3 is 9.64 Å². The molecule has 0 spiro atoms. The number of nitrogens with zero attached hydrogens (tertiary/aromatic N) is 3. The van der Waals surface area contributed by atoms with Crippen LogP contribution in [0.3, 0.4) is 0 Å². The lowest BCUT2D eigenvalue weighted by atomic mass is 10.0. The van der Waals surface area contributed by atoms with Gasteiger partial charge in [0.15, 0.2) is 0 Å². The molecule has 0 saturated carbocycles. The van der Waals surface area contributed by atoms with Gasteiger partial charge in [-0.05, 0) is 16.3 Å². The van der Waals surface area contributed by atoms with Crippen molar-refractivity contribution in [2.45, 2.75) is 6.42 Å². The Labute approximate surface area is 141 Å². The molecule has 0 atom stereocenters. The number of amides is 2. The number of amidine groups is 1. The molecule has 2 aromatic rings. The van der Waals surface area contributed by atoms with Crippen molar-refractivity contribution in [3.05, 3.63) is 48.0 Å². The highest BCUT2D eigenvalue weighted by molar-refractivity contribution is 6.01. The number of rotatable bonds is 2. The summed E-state index contributed by atoms with van der Waals surface area (Å²) in [6.07, 6.45) is 0.692. The number of carbonyl (C=O) groups excluding carboxylic acids is 1. The van der Waals surface area contributed by atoms with Crippen molar-refractivity contribution in [3.63, 3.8) is 0 Å². The molecule has 1 saturated heterocycles. The normalized spacial score (nSPS) is 18.1. The molecule has 2 amide bonds. The van der Waals surface area contributed by atoms with Crippen LogP contribution in [0.5, 0.6) is 0 Å². The molecule has 4 rings (SSSR count). The second-order valence-corrected chi connectivity index (χ2v) is 6.15. The van der Waals surface area contributed by atoms with E-state index >= 15 is 0 Å².